The number of nitrogens with zero attached hydrogens (tertiary/aromatic N) is 1. The van der Waals surface area contributed by atoms with Crippen LogP contribution in [0.3, 0.4) is 0 Å². The molecule has 0 saturated carbocycles. The van der Waals surface area contributed by atoms with Crippen molar-refractivity contribution >= 4 is 21.7 Å². The Kier molecular flexibility index (Phi) is 7.06. The Morgan fingerprint density at radius 2 is 1.89 bits per heavy atom. The van der Waals surface area contributed by atoms with Gasteiger partial charge < -0.3 is 10.6 Å². The van der Waals surface area contributed by atoms with Crippen LogP contribution < -0.4 is 10.6 Å². The number of aromatic nitrogens is 1. The predicted octanol–water partition coefficient (Wildman–Crippen LogP) is 1.63. The Bertz CT molecular complexity index is 972. The minimum absolute atomic E-state index is 0.138. The number of aryl methyl sites for hydroxylation is 2. The summed E-state index contributed by atoms with van der Waals surface area (Å²) in [7, 11) is -3.85. The van der Waals surface area contributed by atoms with Gasteiger partial charge in [-0.05, 0) is 42.7 Å². The summed E-state index contributed by atoms with van der Waals surface area (Å²) in [5.74, 6) is -1.76. The van der Waals surface area contributed by atoms with Gasteiger partial charge in [0.05, 0.1) is 4.90 Å². The first-order chi connectivity index (χ1) is 13.3. The SMILES string of the molecule is C=CCNC(=O)C(=O)NC[C@H](c1cccnc1)S(=O)(=O)c1cc(C)ccc1C. The number of nitrogens with one attached hydrogen (secondary N) is 2. The van der Waals surface area contributed by atoms with Gasteiger partial charge in [-0.15, -0.1) is 6.58 Å². The quantitative estimate of drug-likeness (QED) is 0.542. The van der Waals surface area contributed by atoms with E-state index >= 15 is 0 Å². The maximum Gasteiger partial charge on any atom is 0.309 e. The highest BCUT2D eigenvalue weighted by molar-refractivity contribution is 7.91. The lowest BCUT2D eigenvalue weighted by Crippen LogP contribution is -2.42. The van der Waals surface area contributed by atoms with Crippen molar-refractivity contribution in [3.05, 3.63) is 72.1 Å². The lowest BCUT2D eigenvalue weighted by atomic mass is 10.2. The first-order valence-electron chi connectivity index (χ1n) is 8.65. The van der Waals surface area contributed by atoms with E-state index in [1.807, 2.05) is 13.0 Å². The molecule has 2 N–H and O–H groups in total. The second-order valence-corrected chi connectivity index (χ2v) is 8.40. The van der Waals surface area contributed by atoms with Crippen molar-refractivity contribution < 1.29 is 18.0 Å². The highest BCUT2D eigenvalue weighted by atomic mass is 32.2. The van der Waals surface area contributed by atoms with Crippen molar-refractivity contribution in [1.82, 2.24) is 15.6 Å². The van der Waals surface area contributed by atoms with Crippen LogP contribution in [0.2, 0.25) is 0 Å². The topological polar surface area (TPSA) is 105 Å². The van der Waals surface area contributed by atoms with E-state index in [4.69, 9.17) is 0 Å². The van der Waals surface area contributed by atoms with Crippen LogP contribution in [0.5, 0.6) is 0 Å². The van der Waals surface area contributed by atoms with Gasteiger partial charge in [0.2, 0.25) is 0 Å². The van der Waals surface area contributed by atoms with E-state index in [0.717, 1.165) is 5.56 Å². The van der Waals surface area contributed by atoms with Gasteiger partial charge in [-0.1, -0.05) is 24.3 Å². The summed E-state index contributed by atoms with van der Waals surface area (Å²) in [4.78, 5) is 27.9. The van der Waals surface area contributed by atoms with Gasteiger partial charge in [0, 0.05) is 25.5 Å². The molecule has 1 aromatic heterocycles. The number of amides is 2. The van der Waals surface area contributed by atoms with E-state index in [1.54, 1.807) is 31.2 Å². The Labute approximate surface area is 164 Å². The van der Waals surface area contributed by atoms with Gasteiger partial charge in [0.25, 0.3) is 0 Å². The van der Waals surface area contributed by atoms with Crippen LogP contribution in [0.4, 0.5) is 0 Å². The number of rotatable bonds is 7. The molecule has 0 unspecified atom stereocenters. The lowest BCUT2D eigenvalue weighted by Gasteiger charge is -2.20. The number of hydrogen-bond donors (Lipinski definition) is 2. The Morgan fingerprint density at radius 1 is 1.18 bits per heavy atom. The monoisotopic (exact) mass is 401 g/mol. The van der Waals surface area contributed by atoms with Gasteiger partial charge in [-0.3, -0.25) is 14.6 Å². The molecular weight excluding hydrogens is 378 g/mol. The number of pyridine rings is 1. The van der Waals surface area contributed by atoms with Crippen molar-refractivity contribution in [3.8, 4) is 0 Å². The largest absolute Gasteiger partial charge is 0.346 e. The lowest BCUT2D eigenvalue weighted by molar-refractivity contribution is -0.139. The Morgan fingerprint density at radius 3 is 2.54 bits per heavy atom. The van der Waals surface area contributed by atoms with Gasteiger partial charge >= 0.3 is 11.8 Å². The number of carbonyl (C=O) groups is 2. The molecular formula is C20H23N3O4S. The van der Waals surface area contributed by atoms with Crippen LogP contribution in [-0.2, 0) is 19.4 Å². The van der Waals surface area contributed by atoms with Crippen molar-refractivity contribution in [1.29, 1.82) is 0 Å². The summed E-state index contributed by atoms with van der Waals surface area (Å²) < 4.78 is 26.7. The third-order valence-electron chi connectivity index (χ3n) is 4.14. The van der Waals surface area contributed by atoms with E-state index < -0.39 is 26.9 Å². The summed E-state index contributed by atoms with van der Waals surface area (Å²) in [6.45, 7) is 6.86. The first kappa shape index (κ1) is 21.3. The first-order valence-corrected chi connectivity index (χ1v) is 10.2. The van der Waals surface area contributed by atoms with Crippen molar-refractivity contribution in [3.63, 3.8) is 0 Å². The Hall–Kier alpha value is -3.00. The maximum absolute atomic E-state index is 13.4. The molecule has 0 bridgehead atoms. The highest BCUT2D eigenvalue weighted by Crippen LogP contribution is 2.30. The third-order valence-corrected chi connectivity index (χ3v) is 6.38. The summed E-state index contributed by atoms with van der Waals surface area (Å²) in [6.07, 6.45) is 4.41. The van der Waals surface area contributed by atoms with Crippen molar-refractivity contribution in [2.45, 2.75) is 24.0 Å². The fourth-order valence-electron chi connectivity index (χ4n) is 2.65. The summed E-state index contributed by atoms with van der Waals surface area (Å²) in [6, 6.07) is 8.43. The normalized spacial score (nSPS) is 12.1. The summed E-state index contributed by atoms with van der Waals surface area (Å²) in [5.41, 5.74) is 1.84. The van der Waals surface area contributed by atoms with E-state index in [0.29, 0.717) is 11.1 Å². The van der Waals surface area contributed by atoms with E-state index in [1.165, 1.54) is 18.5 Å². The molecule has 0 radical (unpaired) electrons. The Balaban J connectivity index is 2.35. The minimum atomic E-state index is -3.85. The zero-order valence-electron chi connectivity index (χ0n) is 15.8. The molecule has 1 atom stereocenters. The molecule has 2 rings (SSSR count). The van der Waals surface area contributed by atoms with Gasteiger partial charge in [-0.2, -0.15) is 0 Å². The maximum atomic E-state index is 13.4. The molecule has 0 saturated heterocycles. The second-order valence-electron chi connectivity index (χ2n) is 6.30. The number of sulfone groups is 1. The molecule has 1 aromatic carbocycles. The smallest absolute Gasteiger partial charge is 0.309 e. The number of hydrogen-bond acceptors (Lipinski definition) is 5. The van der Waals surface area contributed by atoms with Crippen LogP contribution in [0.25, 0.3) is 0 Å². The van der Waals surface area contributed by atoms with Gasteiger partial charge in [-0.25, -0.2) is 8.42 Å². The van der Waals surface area contributed by atoms with Crippen LogP contribution in [0.1, 0.15) is 21.9 Å². The van der Waals surface area contributed by atoms with Gasteiger partial charge in [0.1, 0.15) is 5.25 Å². The highest BCUT2D eigenvalue weighted by Gasteiger charge is 2.31. The molecule has 2 amide bonds. The number of carbonyl (C=O) groups excluding carboxylic acids is 2. The molecule has 0 spiro atoms. The van der Waals surface area contributed by atoms with E-state index in [2.05, 4.69) is 22.2 Å². The second kappa shape index (κ2) is 9.27. The molecule has 1 heterocycles. The van der Waals surface area contributed by atoms with Crippen LogP contribution in [-0.4, -0.2) is 38.3 Å². The molecule has 2 aromatic rings. The number of benzene rings is 1. The van der Waals surface area contributed by atoms with E-state index in [-0.39, 0.29) is 18.0 Å². The average molecular weight is 401 g/mol. The van der Waals surface area contributed by atoms with Gasteiger partial charge in [0.15, 0.2) is 9.84 Å². The average Bonchev–Trinajstić information content (AvgIpc) is 2.68. The van der Waals surface area contributed by atoms with Crippen molar-refractivity contribution in [2.24, 2.45) is 0 Å². The summed E-state index contributed by atoms with van der Waals surface area (Å²) in [5, 5.41) is 3.67. The van der Waals surface area contributed by atoms with Crippen LogP contribution in [0, 0.1) is 13.8 Å². The molecule has 0 fully saturated rings. The van der Waals surface area contributed by atoms with Crippen LogP contribution in [0.15, 0.2) is 60.3 Å². The molecule has 0 aliphatic carbocycles. The van der Waals surface area contributed by atoms with E-state index in [9.17, 15) is 18.0 Å². The molecule has 148 valence electrons. The van der Waals surface area contributed by atoms with Crippen LogP contribution >= 0.6 is 0 Å². The third kappa shape index (κ3) is 5.04. The molecule has 0 aliphatic rings. The predicted molar refractivity (Wildman–Crippen MR) is 106 cm³/mol. The standard InChI is InChI=1S/C20H23N3O4S/c1-4-9-22-19(24)20(25)23-13-18(16-6-5-10-21-12-16)28(26,27)17-11-14(2)7-8-15(17)3/h4-8,10-12,18H,1,9,13H2,2-3H3,(H,22,24)(H,23,25)/t18-/m1/s1. The molecule has 28 heavy (non-hydrogen) atoms. The molecule has 7 nitrogen and oxygen atoms in total. The molecule has 0 aliphatic heterocycles. The fourth-order valence-corrected chi connectivity index (χ4v) is 4.63. The minimum Gasteiger partial charge on any atom is -0.346 e. The summed E-state index contributed by atoms with van der Waals surface area (Å²) >= 11 is 0. The van der Waals surface area contributed by atoms with Crippen molar-refractivity contribution in [2.75, 3.05) is 13.1 Å². The fraction of sp³-hybridized carbons (Fsp3) is 0.250. The molecule has 8 heteroatoms. The zero-order chi connectivity index (χ0) is 20.7. The zero-order valence-corrected chi connectivity index (χ0v) is 16.6.